The van der Waals surface area contributed by atoms with Crippen LogP contribution in [-0.2, 0) is 0 Å². The molecule has 0 N–H and O–H groups in total. The van der Waals surface area contributed by atoms with Gasteiger partial charge in [-0.2, -0.15) is 0 Å². The molecule has 0 unspecified atom stereocenters. The first-order valence-electron chi connectivity index (χ1n) is 3.22. The summed E-state index contributed by atoms with van der Waals surface area (Å²) in [5.74, 6) is 1.58. The molecule has 0 amide bonds. The topological polar surface area (TPSA) is 0 Å². The van der Waals surface area contributed by atoms with E-state index in [1.54, 1.807) is 5.79 Å². The predicted octanol–water partition coefficient (Wildman–Crippen LogP) is 1.92. The molecule has 0 saturated carbocycles. The summed E-state index contributed by atoms with van der Waals surface area (Å²) in [7, 11) is -0.656. The van der Waals surface area contributed by atoms with Crippen LogP contribution in [0.1, 0.15) is 0 Å². The van der Waals surface area contributed by atoms with E-state index >= 15 is 0 Å². The molecule has 0 aromatic heterocycles. The third kappa shape index (κ3) is 6.65. The lowest BCUT2D eigenvalue weighted by atomic mass is 11.8. The monoisotopic (exact) mass is 149 g/mol. The fourth-order valence-corrected chi connectivity index (χ4v) is 9.86. The molecule has 0 atom stereocenters. The van der Waals surface area contributed by atoms with Crippen LogP contribution in [0.4, 0.5) is 0 Å². The van der Waals surface area contributed by atoms with Gasteiger partial charge in [0.05, 0.1) is 8.80 Å². The second-order valence-electron chi connectivity index (χ2n) is 3.87. The summed E-state index contributed by atoms with van der Waals surface area (Å²) in [5.41, 5.74) is 0. The van der Waals surface area contributed by atoms with Gasteiger partial charge in [-0.25, -0.2) is 0 Å². The van der Waals surface area contributed by atoms with Gasteiger partial charge in [-0.1, -0.05) is 13.1 Å². The molecule has 0 rings (SSSR count). The van der Waals surface area contributed by atoms with Crippen LogP contribution in [0.2, 0.25) is 13.1 Å². The Labute approximate surface area is 55.6 Å². The van der Waals surface area contributed by atoms with Crippen LogP contribution < -0.4 is 0 Å². The minimum absolute atomic E-state index is 0.246. The summed E-state index contributed by atoms with van der Waals surface area (Å²) >= 11 is 0. The lowest BCUT2D eigenvalue weighted by Gasteiger charge is -2.12. The van der Waals surface area contributed by atoms with Crippen molar-refractivity contribution >= 4 is 16.1 Å². The molecule has 0 bridgehead atoms. The lowest BCUT2D eigenvalue weighted by molar-refractivity contribution is 1.76. The normalized spacial score (nSPS) is 12.8. The van der Waals surface area contributed by atoms with Gasteiger partial charge in [-0.3, -0.25) is 0 Å². The van der Waals surface area contributed by atoms with Crippen LogP contribution in [0.25, 0.3) is 0 Å². The molecule has 0 aliphatic rings. The molecular formula is C6H18PSi+. The van der Waals surface area contributed by atoms with Crippen molar-refractivity contribution in [2.45, 2.75) is 13.1 Å². The average molecular weight is 149 g/mol. The summed E-state index contributed by atoms with van der Waals surface area (Å²) < 4.78 is 0. The molecule has 0 fully saturated rings. The molecule has 8 heavy (non-hydrogen) atoms. The highest BCUT2D eigenvalue weighted by atomic mass is 31.2. The van der Waals surface area contributed by atoms with Gasteiger partial charge in [0.15, 0.2) is 0 Å². The van der Waals surface area contributed by atoms with Crippen LogP contribution in [0.3, 0.4) is 0 Å². The van der Waals surface area contributed by atoms with Gasteiger partial charge < -0.3 is 0 Å². The molecule has 0 aromatic rings. The largest absolute Gasteiger partial charge is 0.0759 e. The molecule has 0 nitrogen and oxygen atoms in total. The average Bonchev–Trinajstić information content (AvgIpc) is 1.21. The second-order valence-corrected chi connectivity index (χ2v) is 12.7. The summed E-state index contributed by atoms with van der Waals surface area (Å²) in [6.45, 7) is 12.2. The summed E-state index contributed by atoms with van der Waals surface area (Å²) in [6.07, 6.45) is 0. The summed E-state index contributed by atoms with van der Waals surface area (Å²) in [5, 5.41) is 0. The maximum absolute atomic E-state index is 2.44. The number of rotatable bonds is 2. The Balaban J connectivity index is 3.39. The molecule has 0 aliphatic heterocycles. The number of hydrogen-bond acceptors (Lipinski definition) is 0. The van der Waals surface area contributed by atoms with Crippen molar-refractivity contribution in [2.75, 3.05) is 25.8 Å². The van der Waals surface area contributed by atoms with E-state index in [0.717, 1.165) is 0 Å². The molecule has 0 saturated heterocycles. The Bertz CT molecular complexity index is 63.4. The lowest BCUT2D eigenvalue weighted by Crippen LogP contribution is -2.10. The zero-order valence-corrected chi connectivity index (χ0v) is 8.78. The van der Waals surface area contributed by atoms with E-state index in [4.69, 9.17) is 0 Å². The van der Waals surface area contributed by atoms with Crippen molar-refractivity contribution < 1.29 is 0 Å². The van der Waals surface area contributed by atoms with E-state index in [2.05, 4.69) is 33.1 Å². The van der Waals surface area contributed by atoms with Gasteiger partial charge >= 0.3 is 0 Å². The third-order valence-corrected chi connectivity index (χ3v) is 8.22. The van der Waals surface area contributed by atoms with E-state index < -0.39 is 7.26 Å². The Hall–Kier alpha value is 0.647. The highest BCUT2D eigenvalue weighted by Gasteiger charge is 2.18. The zero-order valence-electron chi connectivity index (χ0n) is 6.73. The quantitative estimate of drug-likeness (QED) is 0.415. The number of hydrogen-bond donors (Lipinski definition) is 0. The zero-order chi connectivity index (χ0) is 6.78. The van der Waals surface area contributed by atoms with Gasteiger partial charge in [-0.05, 0) is 0 Å². The summed E-state index contributed by atoms with van der Waals surface area (Å²) in [4.78, 5) is 0. The third-order valence-electron chi connectivity index (χ3n) is 0.913. The standard InChI is InChI=1S/C6H18PSi/c1-7(2,3)6-8(4)5/h8H,6H2,1-5H3/q+1. The maximum atomic E-state index is 2.44. The van der Waals surface area contributed by atoms with Crippen molar-refractivity contribution in [1.82, 2.24) is 0 Å². The van der Waals surface area contributed by atoms with Crippen molar-refractivity contribution in [3.05, 3.63) is 0 Å². The van der Waals surface area contributed by atoms with Gasteiger partial charge in [0, 0.05) is 33.0 Å². The molecule has 0 spiro atoms. The van der Waals surface area contributed by atoms with Gasteiger partial charge in [0.2, 0.25) is 0 Å². The van der Waals surface area contributed by atoms with Gasteiger partial charge in [0.25, 0.3) is 0 Å². The van der Waals surface area contributed by atoms with Crippen LogP contribution >= 0.6 is 7.26 Å². The summed E-state index contributed by atoms with van der Waals surface area (Å²) in [6, 6.07) is 0. The maximum Gasteiger partial charge on any atom is 0.0759 e. The fraction of sp³-hybridized carbons (Fsp3) is 1.00. The molecule has 0 radical (unpaired) electrons. The molecule has 0 aromatic carbocycles. The van der Waals surface area contributed by atoms with Crippen molar-refractivity contribution in [3.63, 3.8) is 0 Å². The first-order valence-corrected chi connectivity index (χ1v) is 9.66. The van der Waals surface area contributed by atoms with Crippen LogP contribution in [0.15, 0.2) is 0 Å². The Morgan fingerprint density at radius 1 is 1.12 bits per heavy atom. The highest BCUT2D eigenvalue weighted by Crippen LogP contribution is 2.46. The second kappa shape index (κ2) is 2.98. The van der Waals surface area contributed by atoms with E-state index in [9.17, 15) is 0 Å². The van der Waals surface area contributed by atoms with E-state index in [1.165, 1.54) is 0 Å². The van der Waals surface area contributed by atoms with Gasteiger partial charge in [0.1, 0.15) is 0 Å². The minimum Gasteiger partial charge on any atom is -0.0689 e. The molecule has 50 valence electrons. The van der Waals surface area contributed by atoms with Gasteiger partial charge in [-0.15, -0.1) is 0 Å². The molecular weight excluding hydrogens is 131 g/mol. The Morgan fingerprint density at radius 2 is 1.50 bits per heavy atom. The highest BCUT2D eigenvalue weighted by molar-refractivity contribution is 7.75. The first-order chi connectivity index (χ1) is 3.42. The molecule has 2 heteroatoms. The van der Waals surface area contributed by atoms with Crippen molar-refractivity contribution in [2.24, 2.45) is 0 Å². The molecule has 0 heterocycles. The first kappa shape index (κ1) is 8.65. The minimum atomic E-state index is -0.410. The van der Waals surface area contributed by atoms with Crippen molar-refractivity contribution in [1.29, 1.82) is 0 Å². The van der Waals surface area contributed by atoms with E-state index in [-0.39, 0.29) is 8.80 Å². The van der Waals surface area contributed by atoms with Crippen LogP contribution in [0, 0.1) is 0 Å². The van der Waals surface area contributed by atoms with Crippen LogP contribution in [0.5, 0.6) is 0 Å². The fourth-order valence-electron chi connectivity index (χ4n) is 1.10. The Kier molecular flexibility index (Phi) is 3.22. The van der Waals surface area contributed by atoms with E-state index in [1.807, 2.05) is 0 Å². The Morgan fingerprint density at radius 3 is 1.50 bits per heavy atom. The smallest absolute Gasteiger partial charge is 0.0689 e. The SMILES string of the molecule is C[SiH](C)C[P+](C)(C)C. The molecule has 0 aliphatic carbocycles. The van der Waals surface area contributed by atoms with Crippen LogP contribution in [-0.4, -0.2) is 34.6 Å². The predicted molar refractivity (Wildman–Crippen MR) is 48.4 cm³/mol. The van der Waals surface area contributed by atoms with E-state index in [0.29, 0.717) is 0 Å². The van der Waals surface area contributed by atoms with Crippen molar-refractivity contribution in [3.8, 4) is 0 Å².